The molecule has 0 heterocycles. The fraction of sp³-hybridized carbons (Fsp3) is 0.750. The topological polar surface area (TPSA) is 54.4 Å². The van der Waals surface area contributed by atoms with Crippen molar-refractivity contribution in [2.24, 2.45) is 0 Å². The van der Waals surface area contributed by atoms with Gasteiger partial charge in [-0.15, -0.1) is 0 Å². The first-order chi connectivity index (χ1) is 13.5. The molecule has 0 aliphatic carbocycles. The van der Waals surface area contributed by atoms with Crippen LogP contribution in [0.2, 0.25) is 0 Å². The Morgan fingerprint density at radius 2 is 1.14 bits per heavy atom. The highest BCUT2D eigenvalue weighted by molar-refractivity contribution is 7.85. The number of rotatable bonds is 17. The highest BCUT2D eigenvalue weighted by Crippen LogP contribution is 2.33. The zero-order valence-electron chi connectivity index (χ0n) is 18.2. The van der Waals surface area contributed by atoms with E-state index in [0.717, 1.165) is 31.2 Å². The van der Waals surface area contributed by atoms with E-state index < -0.39 is 10.1 Å². The number of unbranched alkanes of at least 4 members (excludes halogenated alkanes) is 11. The predicted molar refractivity (Wildman–Crippen MR) is 120 cm³/mol. The number of benzene rings is 1. The van der Waals surface area contributed by atoms with Crippen LogP contribution in [-0.4, -0.2) is 13.0 Å². The lowest BCUT2D eigenvalue weighted by Gasteiger charge is -2.20. The van der Waals surface area contributed by atoms with Crippen LogP contribution in [0.1, 0.15) is 122 Å². The lowest BCUT2D eigenvalue weighted by molar-refractivity contribution is 0.467. The summed E-state index contributed by atoms with van der Waals surface area (Å²) in [5.74, 6) is 0.222. The van der Waals surface area contributed by atoms with E-state index in [0.29, 0.717) is 0 Å². The lowest BCUT2D eigenvalue weighted by Crippen LogP contribution is -2.08. The molecule has 1 aromatic rings. The van der Waals surface area contributed by atoms with Crippen molar-refractivity contribution in [2.45, 2.75) is 121 Å². The largest absolute Gasteiger partial charge is 0.294 e. The fourth-order valence-electron chi connectivity index (χ4n) is 4.03. The second-order valence-corrected chi connectivity index (χ2v) is 9.57. The smallest absolute Gasteiger partial charge is 0.282 e. The average molecular weight is 411 g/mol. The van der Waals surface area contributed by atoms with Crippen LogP contribution < -0.4 is 0 Å². The summed E-state index contributed by atoms with van der Waals surface area (Å²) >= 11 is 0. The molecule has 0 spiro atoms. The zero-order valence-corrected chi connectivity index (χ0v) is 19.0. The van der Waals surface area contributed by atoms with Crippen LogP contribution in [0.4, 0.5) is 0 Å². The third kappa shape index (κ3) is 10.6. The van der Waals surface area contributed by atoms with Crippen molar-refractivity contribution in [3.8, 4) is 0 Å². The van der Waals surface area contributed by atoms with Crippen molar-refractivity contribution < 1.29 is 13.0 Å². The van der Waals surface area contributed by atoms with Crippen molar-refractivity contribution in [3.05, 3.63) is 29.8 Å². The fourth-order valence-corrected chi connectivity index (χ4v) is 4.81. The maximum Gasteiger partial charge on any atom is 0.294 e. The Kier molecular flexibility index (Phi) is 13.5. The Morgan fingerprint density at radius 3 is 1.64 bits per heavy atom. The van der Waals surface area contributed by atoms with Gasteiger partial charge in [-0.05, 0) is 30.4 Å². The molecular formula is C24H42O3S. The van der Waals surface area contributed by atoms with Crippen LogP contribution in [0.5, 0.6) is 0 Å². The second-order valence-electron chi connectivity index (χ2n) is 8.18. The van der Waals surface area contributed by atoms with Crippen molar-refractivity contribution in [1.29, 1.82) is 0 Å². The van der Waals surface area contributed by atoms with Crippen LogP contribution in [0, 0.1) is 0 Å². The summed E-state index contributed by atoms with van der Waals surface area (Å²) in [4.78, 5) is 0.103. The van der Waals surface area contributed by atoms with Gasteiger partial charge in [0.15, 0.2) is 0 Å². The number of hydrogen-bond donors (Lipinski definition) is 1. The third-order valence-electron chi connectivity index (χ3n) is 5.70. The van der Waals surface area contributed by atoms with Gasteiger partial charge in [-0.1, -0.05) is 116 Å². The predicted octanol–water partition coefficient (Wildman–Crippen LogP) is 7.91. The molecular weight excluding hydrogens is 368 g/mol. The first-order valence-corrected chi connectivity index (χ1v) is 13.0. The van der Waals surface area contributed by atoms with Crippen molar-refractivity contribution in [2.75, 3.05) is 0 Å². The van der Waals surface area contributed by atoms with E-state index in [1.54, 1.807) is 12.1 Å². The summed E-state index contributed by atoms with van der Waals surface area (Å²) < 4.78 is 33.3. The van der Waals surface area contributed by atoms with Crippen LogP contribution in [0.3, 0.4) is 0 Å². The minimum atomic E-state index is -4.16. The normalized spacial score (nSPS) is 13.0. The summed E-state index contributed by atoms with van der Waals surface area (Å²) in [6.45, 7) is 4.45. The Labute approximate surface area is 174 Å². The highest BCUT2D eigenvalue weighted by Gasteiger charge is 2.21. The van der Waals surface area contributed by atoms with Gasteiger partial charge in [-0.3, -0.25) is 4.55 Å². The molecule has 1 aromatic carbocycles. The van der Waals surface area contributed by atoms with Gasteiger partial charge in [0.05, 0.1) is 4.90 Å². The number of hydrogen-bond acceptors (Lipinski definition) is 2. The Balaban J connectivity index is 2.55. The maximum absolute atomic E-state index is 11.8. The van der Waals surface area contributed by atoms with E-state index in [4.69, 9.17) is 0 Å². The SMILES string of the molecule is CCCCCCCCCCCC(CCCCCC)c1ccccc1S(=O)(=O)O. The molecule has 0 aliphatic heterocycles. The summed E-state index contributed by atoms with van der Waals surface area (Å²) in [6, 6.07) is 7.01. The molecule has 162 valence electrons. The average Bonchev–Trinajstić information content (AvgIpc) is 2.67. The Hall–Kier alpha value is -0.870. The Bertz CT molecular complexity index is 610. The van der Waals surface area contributed by atoms with E-state index >= 15 is 0 Å². The van der Waals surface area contributed by atoms with E-state index in [9.17, 15) is 13.0 Å². The molecule has 1 atom stereocenters. The van der Waals surface area contributed by atoms with Gasteiger partial charge in [0, 0.05) is 0 Å². The molecule has 0 saturated carbocycles. The van der Waals surface area contributed by atoms with Crippen LogP contribution in [0.25, 0.3) is 0 Å². The molecule has 0 amide bonds. The molecule has 3 nitrogen and oxygen atoms in total. The molecule has 0 aromatic heterocycles. The molecule has 1 N–H and O–H groups in total. The molecule has 1 rings (SSSR count). The third-order valence-corrected chi connectivity index (χ3v) is 6.63. The lowest BCUT2D eigenvalue weighted by atomic mass is 9.88. The van der Waals surface area contributed by atoms with Gasteiger partial charge in [-0.25, -0.2) is 0 Å². The molecule has 0 fully saturated rings. The van der Waals surface area contributed by atoms with Gasteiger partial charge < -0.3 is 0 Å². The van der Waals surface area contributed by atoms with Gasteiger partial charge >= 0.3 is 0 Å². The summed E-state index contributed by atoms with van der Waals surface area (Å²) in [5, 5.41) is 0. The van der Waals surface area contributed by atoms with E-state index in [2.05, 4.69) is 13.8 Å². The van der Waals surface area contributed by atoms with Crippen LogP contribution in [-0.2, 0) is 10.1 Å². The molecule has 0 radical (unpaired) electrons. The quantitative estimate of drug-likeness (QED) is 0.210. The first kappa shape index (κ1) is 25.2. The molecule has 0 aliphatic rings. The minimum absolute atomic E-state index is 0.103. The monoisotopic (exact) mass is 410 g/mol. The molecule has 1 unspecified atom stereocenters. The standard InChI is InChI=1S/C24H42O3S/c1-3-5-7-9-10-11-12-13-15-19-22(18-14-8-6-4-2)23-20-16-17-21-24(23)28(25,26)27/h16-17,20-22H,3-15,18-19H2,1-2H3,(H,25,26,27). The van der Waals surface area contributed by atoms with E-state index in [-0.39, 0.29) is 10.8 Å². The van der Waals surface area contributed by atoms with Crippen molar-refractivity contribution in [1.82, 2.24) is 0 Å². The molecule has 0 bridgehead atoms. The zero-order chi connectivity index (χ0) is 20.7. The van der Waals surface area contributed by atoms with E-state index in [1.807, 2.05) is 12.1 Å². The first-order valence-electron chi connectivity index (χ1n) is 11.6. The molecule has 4 heteroatoms. The second kappa shape index (κ2) is 15.0. The Morgan fingerprint density at radius 1 is 0.714 bits per heavy atom. The molecule has 28 heavy (non-hydrogen) atoms. The summed E-state index contributed by atoms with van der Waals surface area (Å²) in [6.07, 6.45) is 18.4. The van der Waals surface area contributed by atoms with Crippen LogP contribution in [0.15, 0.2) is 29.2 Å². The van der Waals surface area contributed by atoms with Crippen LogP contribution >= 0.6 is 0 Å². The summed E-state index contributed by atoms with van der Waals surface area (Å²) in [7, 11) is -4.16. The van der Waals surface area contributed by atoms with Crippen molar-refractivity contribution >= 4 is 10.1 Å². The van der Waals surface area contributed by atoms with Gasteiger partial charge in [0.2, 0.25) is 0 Å². The van der Waals surface area contributed by atoms with Gasteiger partial charge in [0.25, 0.3) is 10.1 Å². The highest BCUT2D eigenvalue weighted by atomic mass is 32.2. The maximum atomic E-state index is 11.8. The minimum Gasteiger partial charge on any atom is -0.282 e. The summed E-state index contributed by atoms with van der Waals surface area (Å²) in [5.41, 5.74) is 0.807. The van der Waals surface area contributed by atoms with Gasteiger partial charge in [0.1, 0.15) is 0 Å². The van der Waals surface area contributed by atoms with Crippen molar-refractivity contribution in [3.63, 3.8) is 0 Å². The van der Waals surface area contributed by atoms with Gasteiger partial charge in [-0.2, -0.15) is 8.42 Å². The van der Waals surface area contributed by atoms with E-state index in [1.165, 1.54) is 70.6 Å². The molecule has 0 saturated heterocycles.